The molecule has 1 N–H and O–H groups in total. The molecule has 2 saturated carbocycles. The molecule has 3 rings (SSSR count). The molecule has 136 valence electrons. The number of nitrogens with one attached hydrogen (secondary N) is 1. The van der Waals surface area contributed by atoms with Crippen LogP contribution in [0.15, 0.2) is 0 Å². The van der Waals surface area contributed by atoms with Crippen molar-refractivity contribution >= 4 is 11.8 Å². The number of hydrogen-bond donors (Lipinski definition) is 1. The van der Waals surface area contributed by atoms with Gasteiger partial charge < -0.3 is 15.0 Å². The van der Waals surface area contributed by atoms with Crippen LogP contribution in [0.25, 0.3) is 0 Å². The van der Waals surface area contributed by atoms with Crippen molar-refractivity contribution in [3.05, 3.63) is 0 Å². The number of carbonyl (C=O) groups is 2. The summed E-state index contributed by atoms with van der Waals surface area (Å²) in [6.45, 7) is 2.76. The van der Waals surface area contributed by atoms with Gasteiger partial charge in [0.2, 0.25) is 11.8 Å². The molecule has 0 aromatic carbocycles. The van der Waals surface area contributed by atoms with Crippen molar-refractivity contribution in [2.45, 2.75) is 70.3 Å². The zero-order chi connectivity index (χ0) is 16.8. The highest BCUT2D eigenvalue weighted by molar-refractivity contribution is 5.81. The highest BCUT2D eigenvalue weighted by Crippen LogP contribution is 2.31. The molecular formula is C19H32N2O3. The SMILES string of the molecule is O=C(NC1CCCCCC1)C1CCC(C(=O)N2CCOCC2)CC1. The molecule has 3 fully saturated rings. The van der Waals surface area contributed by atoms with Gasteiger partial charge in [-0.1, -0.05) is 25.7 Å². The topological polar surface area (TPSA) is 58.6 Å². The van der Waals surface area contributed by atoms with Crippen molar-refractivity contribution in [3.63, 3.8) is 0 Å². The molecular weight excluding hydrogens is 304 g/mol. The Kier molecular flexibility index (Phi) is 6.52. The summed E-state index contributed by atoms with van der Waals surface area (Å²) in [5.74, 6) is 0.743. The lowest BCUT2D eigenvalue weighted by molar-refractivity contribution is -0.142. The summed E-state index contributed by atoms with van der Waals surface area (Å²) in [5, 5.41) is 3.29. The fourth-order valence-electron chi connectivity index (χ4n) is 4.39. The van der Waals surface area contributed by atoms with Crippen LogP contribution in [0, 0.1) is 11.8 Å². The van der Waals surface area contributed by atoms with Crippen LogP contribution in [-0.4, -0.2) is 49.1 Å². The molecule has 0 aromatic rings. The normalized spacial score (nSPS) is 29.8. The lowest BCUT2D eigenvalue weighted by Crippen LogP contribution is -2.45. The van der Waals surface area contributed by atoms with Gasteiger partial charge in [0.25, 0.3) is 0 Å². The van der Waals surface area contributed by atoms with Crippen LogP contribution >= 0.6 is 0 Å². The molecule has 2 amide bonds. The molecule has 24 heavy (non-hydrogen) atoms. The first-order valence-electron chi connectivity index (χ1n) is 9.91. The first kappa shape index (κ1) is 17.7. The summed E-state index contributed by atoms with van der Waals surface area (Å²) in [7, 11) is 0. The van der Waals surface area contributed by atoms with E-state index < -0.39 is 0 Å². The molecule has 2 aliphatic carbocycles. The number of carbonyl (C=O) groups excluding carboxylic acids is 2. The molecule has 0 atom stereocenters. The third kappa shape index (κ3) is 4.71. The van der Waals surface area contributed by atoms with Crippen molar-refractivity contribution in [1.82, 2.24) is 10.2 Å². The van der Waals surface area contributed by atoms with Crippen molar-refractivity contribution in [3.8, 4) is 0 Å². The number of ether oxygens (including phenoxy) is 1. The first-order chi connectivity index (χ1) is 11.7. The molecule has 0 spiro atoms. The fourth-order valence-corrected chi connectivity index (χ4v) is 4.39. The Balaban J connectivity index is 1.42. The summed E-state index contributed by atoms with van der Waals surface area (Å²) >= 11 is 0. The van der Waals surface area contributed by atoms with E-state index >= 15 is 0 Å². The van der Waals surface area contributed by atoms with Crippen LogP contribution in [0.3, 0.4) is 0 Å². The quantitative estimate of drug-likeness (QED) is 0.806. The van der Waals surface area contributed by atoms with Crippen molar-refractivity contribution < 1.29 is 14.3 Å². The second kappa shape index (κ2) is 8.84. The third-order valence-electron chi connectivity index (χ3n) is 5.97. The molecule has 5 heteroatoms. The Bertz CT molecular complexity index is 418. The maximum absolute atomic E-state index is 12.6. The highest BCUT2D eigenvalue weighted by Gasteiger charge is 2.33. The summed E-state index contributed by atoms with van der Waals surface area (Å²) in [6.07, 6.45) is 10.8. The molecule has 1 saturated heterocycles. The predicted octanol–water partition coefficient (Wildman–Crippen LogP) is 2.49. The molecule has 3 aliphatic rings. The minimum absolute atomic E-state index is 0.113. The van der Waals surface area contributed by atoms with E-state index in [1.165, 1.54) is 25.7 Å². The van der Waals surface area contributed by atoms with Gasteiger partial charge in [0.05, 0.1) is 13.2 Å². The number of amides is 2. The van der Waals surface area contributed by atoms with Gasteiger partial charge in [0.15, 0.2) is 0 Å². The molecule has 0 bridgehead atoms. The Hall–Kier alpha value is -1.10. The number of hydrogen-bond acceptors (Lipinski definition) is 3. The van der Waals surface area contributed by atoms with E-state index in [0.717, 1.165) is 51.6 Å². The van der Waals surface area contributed by atoms with Gasteiger partial charge >= 0.3 is 0 Å². The Labute approximate surface area is 145 Å². The summed E-state index contributed by atoms with van der Waals surface area (Å²) in [5.41, 5.74) is 0. The number of rotatable bonds is 3. The summed E-state index contributed by atoms with van der Waals surface area (Å²) < 4.78 is 5.32. The van der Waals surface area contributed by atoms with E-state index in [1.54, 1.807) is 0 Å². The monoisotopic (exact) mass is 336 g/mol. The van der Waals surface area contributed by atoms with E-state index in [9.17, 15) is 9.59 Å². The van der Waals surface area contributed by atoms with Crippen LogP contribution in [0.2, 0.25) is 0 Å². The highest BCUT2D eigenvalue weighted by atomic mass is 16.5. The minimum Gasteiger partial charge on any atom is -0.378 e. The Morgan fingerprint density at radius 2 is 1.38 bits per heavy atom. The van der Waals surface area contributed by atoms with E-state index in [2.05, 4.69) is 5.32 Å². The predicted molar refractivity (Wildman–Crippen MR) is 92.5 cm³/mol. The van der Waals surface area contributed by atoms with Gasteiger partial charge in [-0.05, 0) is 38.5 Å². The Morgan fingerprint density at radius 3 is 2.00 bits per heavy atom. The first-order valence-corrected chi connectivity index (χ1v) is 9.91. The van der Waals surface area contributed by atoms with E-state index in [-0.39, 0.29) is 23.7 Å². The zero-order valence-electron chi connectivity index (χ0n) is 14.8. The van der Waals surface area contributed by atoms with Gasteiger partial charge in [-0.3, -0.25) is 9.59 Å². The molecule has 1 aliphatic heterocycles. The lowest BCUT2D eigenvalue weighted by Gasteiger charge is -2.34. The zero-order valence-corrected chi connectivity index (χ0v) is 14.8. The van der Waals surface area contributed by atoms with Gasteiger partial charge in [0.1, 0.15) is 0 Å². The van der Waals surface area contributed by atoms with Crippen LogP contribution in [0.5, 0.6) is 0 Å². The van der Waals surface area contributed by atoms with Crippen molar-refractivity contribution in [1.29, 1.82) is 0 Å². The average Bonchev–Trinajstić information content (AvgIpc) is 2.90. The maximum Gasteiger partial charge on any atom is 0.225 e. The standard InChI is InChI=1S/C19H32N2O3/c22-18(20-17-5-3-1-2-4-6-17)15-7-9-16(10-8-15)19(23)21-11-13-24-14-12-21/h15-17H,1-14H2,(H,20,22). The maximum atomic E-state index is 12.6. The summed E-state index contributed by atoms with van der Waals surface area (Å²) in [4.78, 5) is 27.0. The van der Waals surface area contributed by atoms with E-state index in [4.69, 9.17) is 4.74 Å². The van der Waals surface area contributed by atoms with Crippen LogP contribution in [0.1, 0.15) is 64.2 Å². The van der Waals surface area contributed by atoms with Crippen molar-refractivity contribution in [2.24, 2.45) is 11.8 Å². The van der Waals surface area contributed by atoms with Crippen LogP contribution in [-0.2, 0) is 14.3 Å². The van der Waals surface area contributed by atoms with Gasteiger partial charge in [-0.15, -0.1) is 0 Å². The summed E-state index contributed by atoms with van der Waals surface area (Å²) in [6, 6.07) is 0.382. The minimum atomic E-state index is 0.113. The lowest BCUT2D eigenvalue weighted by atomic mass is 9.80. The fraction of sp³-hybridized carbons (Fsp3) is 0.895. The third-order valence-corrected chi connectivity index (χ3v) is 5.97. The van der Waals surface area contributed by atoms with Crippen LogP contribution in [0.4, 0.5) is 0 Å². The molecule has 1 heterocycles. The van der Waals surface area contributed by atoms with Gasteiger partial charge in [0, 0.05) is 31.0 Å². The second-order valence-corrected chi connectivity index (χ2v) is 7.68. The second-order valence-electron chi connectivity index (χ2n) is 7.68. The van der Waals surface area contributed by atoms with Crippen LogP contribution < -0.4 is 5.32 Å². The van der Waals surface area contributed by atoms with Gasteiger partial charge in [-0.25, -0.2) is 0 Å². The largest absolute Gasteiger partial charge is 0.378 e. The Morgan fingerprint density at radius 1 is 0.792 bits per heavy atom. The smallest absolute Gasteiger partial charge is 0.225 e. The molecule has 5 nitrogen and oxygen atoms in total. The van der Waals surface area contributed by atoms with E-state index in [1.807, 2.05) is 4.90 Å². The number of nitrogens with zero attached hydrogens (tertiary/aromatic N) is 1. The molecule has 0 radical (unpaired) electrons. The van der Waals surface area contributed by atoms with Crippen molar-refractivity contribution in [2.75, 3.05) is 26.3 Å². The van der Waals surface area contributed by atoms with Gasteiger partial charge in [-0.2, -0.15) is 0 Å². The number of morpholine rings is 1. The molecule has 0 unspecified atom stereocenters. The molecule has 0 aromatic heterocycles. The van der Waals surface area contributed by atoms with E-state index in [0.29, 0.717) is 19.3 Å². The average molecular weight is 336 g/mol.